The molecule has 4 fully saturated rings. The summed E-state index contributed by atoms with van der Waals surface area (Å²) in [5, 5.41) is 2.32. The Hall–Kier alpha value is -4.08. The molecule has 2 aromatic heterocycles. The van der Waals surface area contributed by atoms with Gasteiger partial charge in [0.25, 0.3) is 0 Å². The van der Waals surface area contributed by atoms with Crippen molar-refractivity contribution >= 4 is 33.7 Å². The van der Waals surface area contributed by atoms with Crippen LogP contribution in [0.1, 0.15) is 73.5 Å². The molecule has 2 aliphatic carbocycles. The van der Waals surface area contributed by atoms with E-state index >= 15 is 0 Å². The molecular formula is C43H52N4O5. The van der Waals surface area contributed by atoms with Gasteiger partial charge >= 0.3 is 11.9 Å². The largest absolute Gasteiger partial charge is 0.496 e. The minimum atomic E-state index is -0.725. The van der Waals surface area contributed by atoms with Crippen molar-refractivity contribution in [1.29, 1.82) is 0 Å². The van der Waals surface area contributed by atoms with Gasteiger partial charge in [0.05, 0.1) is 27.2 Å². The number of esters is 2. The normalized spacial score (nSPS) is 33.2. The van der Waals surface area contributed by atoms with Crippen molar-refractivity contribution in [2.75, 3.05) is 48.0 Å². The molecule has 52 heavy (non-hydrogen) atoms. The first-order chi connectivity index (χ1) is 25.3. The third kappa shape index (κ3) is 4.67. The second-order valence-electron chi connectivity index (χ2n) is 16.3. The molecule has 9 atom stereocenters. The Bertz CT molecular complexity index is 2110. The number of rotatable bonds is 5. The van der Waals surface area contributed by atoms with Crippen molar-refractivity contribution in [3.8, 4) is 5.75 Å². The van der Waals surface area contributed by atoms with Crippen molar-refractivity contribution in [2.45, 2.75) is 75.8 Å². The van der Waals surface area contributed by atoms with Gasteiger partial charge < -0.3 is 24.2 Å². The average Bonchev–Trinajstić information content (AvgIpc) is 3.69. The van der Waals surface area contributed by atoms with Gasteiger partial charge in [-0.1, -0.05) is 43.2 Å². The molecule has 1 unspecified atom stereocenters. The topological polar surface area (TPSA) is 99.9 Å². The molecule has 4 aliphatic heterocycles. The first kappa shape index (κ1) is 33.7. The number of methoxy groups -OCH3 is 3. The number of hydrogen-bond donors (Lipinski definition) is 2. The zero-order valence-corrected chi connectivity index (χ0v) is 31.4. The van der Waals surface area contributed by atoms with Gasteiger partial charge in [-0.05, 0) is 93.2 Å². The van der Waals surface area contributed by atoms with Crippen LogP contribution in [0, 0.1) is 23.7 Å². The second kappa shape index (κ2) is 12.5. The van der Waals surface area contributed by atoms with E-state index in [2.05, 4.69) is 83.1 Å². The predicted molar refractivity (Wildman–Crippen MR) is 202 cm³/mol. The molecule has 4 aromatic rings. The van der Waals surface area contributed by atoms with Gasteiger partial charge in [0, 0.05) is 76.4 Å². The number of carbonyl (C=O) groups is 2. The molecule has 6 aliphatic rings. The number of aromatic amines is 2. The number of benzene rings is 2. The lowest BCUT2D eigenvalue weighted by Crippen LogP contribution is -2.67. The Kier molecular flexibility index (Phi) is 8.12. The maximum absolute atomic E-state index is 14.2. The first-order valence-electron chi connectivity index (χ1n) is 19.3. The van der Waals surface area contributed by atoms with Crippen LogP contribution >= 0.6 is 0 Å². The molecule has 1 saturated carbocycles. The van der Waals surface area contributed by atoms with Crippen molar-refractivity contribution in [2.24, 2.45) is 23.7 Å². The molecule has 274 valence electrons. The number of ether oxygens (including phenoxy) is 3. The molecule has 10 rings (SSSR count). The summed E-state index contributed by atoms with van der Waals surface area (Å²) in [6.45, 7) is 7.17. The molecule has 0 amide bonds. The number of fused-ring (bicyclic) bond motifs is 9. The zero-order valence-electron chi connectivity index (χ0n) is 31.4. The Balaban J connectivity index is 1.27. The number of nitrogens with one attached hydrogen (secondary N) is 2. The number of hydrogen-bond acceptors (Lipinski definition) is 7. The number of H-pyrrole nitrogens is 2. The lowest BCUT2D eigenvalue weighted by Gasteiger charge is -2.57. The van der Waals surface area contributed by atoms with E-state index < -0.39 is 5.41 Å². The van der Waals surface area contributed by atoms with Crippen molar-refractivity contribution in [3.63, 3.8) is 0 Å². The van der Waals surface area contributed by atoms with E-state index in [1.807, 2.05) is 0 Å². The SMILES string of the molecule is C/C=C1\CN(C)[C@H]2Cc3c([nH]c4ccccc34)[C@H](c3cc4[nH]c5c(c4cc3OC)CCN3C[C@H]4C[C@H](CC)[C@H]3[C@@]5(C(=O)OC)C4)C[C@H]1[C@H]2C(=O)OC. The van der Waals surface area contributed by atoms with Crippen LogP contribution in [0.5, 0.6) is 5.75 Å². The maximum Gasteiger partial charge on any atom is 0.319 e. The molecule has 6 bridgehead atoms. The van der Waals surface area contributed by atoms with Crippen LogP contribution in [0.2, 0.25) is 0 Å². The summed E-state index contributed by atoms with van der Waals surface area (Å²) in [7, 11) is 6.99. The standard InChI is InChI=1S/C43H52N4O5/c1-7-24-15-23-20-43(42(49)52-6)39-27(13-14-47(21-23)40(24)43)29-19-36(50-4)30(17-34(29)45-39)31-16-28-25(8-2)22-46(3)35(37(28)41(48)51-5)18-32-26-11-9-10-12-33(26)44-38(31)32/h8-12,17,19,23-24,28,31,35,37,40,44-45H,7,13-16,18,20-22H2,1-6H3/b25-8+/t23-,24-,28+,31-,35-,37+,40-,43+/m0/s1. The van der Waals surface area contributed by atoms with Crippen LogP contribution in [0.4, 0.5) is 0 Å². The Morgan fingerprint density at radius 2 is 1.85 bits per heavy atom. The van der Waals surface area contributed by atoms with Crippen molar-refractivity contribution in [3.05, 3.63) is 76.1 Å². The molecule has 0 spiro atoms. The number of piperidine rings is 3. The third-order valence-electron chi connectivity index (χ3n) is 14.1. The van der Waals surface area contributed by atoms with E-state index in [0.29, 0.717) is 11.8 Å². The van der Waals surface area contributed by atoms with Crippen LogP contribution in [0.15, 0.2) is 48.0 Å². The van der Waals surface area contributed by atoms with Crippen LogP contribution in [-0.4, -0.2) is 91.8 Å². The second-order valence-corrected chi connectivity index (χ2v) is 16.3. The lowest BCUT2D eigenvalue weighted by atomic mass is 9.56. The van der Waals surface area contributed by atoms with E-state index in [1.54, 1.807) is 14.2 Å². The molecule has 9 heteroatoms. The summed E-state index contributed by atoms with van der Waals surface area (Å²) < 4.78 is 17.6. The van der Waals surface area contributed by atoms with Crippen LogP contribution < -0.4 is 4.74 Å². The molecule has 2 aromatic carbocycles. The van der Waals surface area contributed by atoms with Crippen LogP contribution in [-0.2, 0) is 37.3 Å². The fourth-order valence-electron chi connectivity index (χ4n) is 12.1. The molecule has 0 radical (unpaired) electrons. The Morgan fingerprint density at radius 1 is 1.02 bits per heavy atom. The van der Waals surface area contributed by atoms with Gasteiger partial charge in [0.1, 0.15) is 11.2 Å². The molecule has 9 nitrogen and oxygen atoms in total. The van der Waals surface area contributed by atoms with E-state index in [-0.39, 0.29) is 41.8 Å². The summed E-state index contributed by atoms with van der Waals surface area (Å²) in [5.74, 6) is 1.11. The van der Waals surface area contributed by atoms with Gasteiger partial charge in [-0.15, -0.1) is 0 Å². The summed E-state index contributed by atoms with van der Waals surface area (Å²) in [5.41, 5.74) is 8.48. The fourth-order valence-corrected chi connectivity index (χ4v) is 12.1. The zero-order chi connectivity index (χ0) is 36.1. The number of para-hydroxylation sites is 1. The van der Waals surface area contributed by atoms with Gasteiger partial charge in [-0.3, -0.25) is 19.4 Å². The summed E-state index contributed by atoms with van der Waals surface area (Å²) >= 11 is 0. The summed E-state index contributed by atoms with van der Waals surface area (Å²) in [6.07, 6.45) is 7.59. The lowest BCUT2D eigenvalue weighted by molar-refractivity contribution is -0.162. The Labute approximate surface area is 306 Å². The highest BCUT2D eigenvalue weighted by molar-refractivity contribution is 5.93. The minimum Gasteiger partial charge on any atom is -0.496 e. The summed E-state index contributed by atoms with van der Waals surface area (Å²) in [6, 6.07) is 13.2. The van der Waals surface area contributed by atoms with E-state index in [1.165, 1.54) is 41.3 Å². The smallest absolute Gasteiger partial charge is 0.319 e. The predicted octanol–water partition coefficient (Wildman–Crippen LogP) is 6.49. The Morgan fingerprint density at radius 3 is 2.60 bits per heavy atom. The highest BCUT2D eigenvalue weighted by Gasteiger charge is 2.62. The van der Waals surface area contributed by atoms with Gasteiger partial charge in [-0.2, -0.15) is 0 Å². The molecule has 2 N–H and O–H groups in total. The van der Waals surface area contributed by atoms with E-state index in [0.717, 1.165) is 85.2 Å². The van der Waals surface area contributed by atoms with Crippen LogP contribution in [0.25, 0.3) is 21.8 Å². The molecular weight excluding hydrogens is 652 g/mol. The van der Waals surface area contributed by atoms with Gasteiger partial charge in [-0.25, -0.2) is 0 Å². The number of allylic oxidation sites excluding steroid dienone is 1. The van der Waals surface area contributed by atoms with Crippen LogP contribution in [0.3, 0.4) is 0 Å². The highest BCUT2D eigenvalue weighted by Crippen LogP contribution is 2.56. The summed E-state index contributed by atoms with van der Waals surface area (Å²) in [4.78, 5) is 40.8. The number of likely N-dealkylation sites (N-methyl/N-ethyl adjacent to an activating group) is 1. The first-order valence-corrected chi connectivity index (χ1v) is 19.3. The van der Waals surface area contributed by atoms with Crippen molar-refractivity contribution in [1.82, 2.24) is 19.8 Å². The number of aromatic nitrogens is 2. The van der Waals surface area contributed by atoms with Gasteiger partial charge in [0.2, 0.25) is 0 Å². The number of nitrogens with zero attached hydrogens (tertiary/aromatic N) is 2. The average molecular weight is 705 g/mol. The maximum atomic E-state index is 14.2. The van der Waals surface area contributed by atoms with E-state index in [4.69, 9.17) is 14.2 Å². The third-order valence-corrected chi connectivity index (χ3v) is 14.1. The monoisotopic (exact) mass is 704 g/mol. The molecule has 6 heterocycles. The highest BCUT2D eigenvalue weighted by atomic mass is 16.5. The van der Waals surface area contributed by atoms with E-state index in [9.17, 15) is 9.59 Å². The minimum absolute atomic E-state index is 0.00122. The van der Waals surface area contributed by atoms with Gasteiger partial charge in [0.15, 0.2) is 0 Å². The quantitative estimate of drug-likeness (QED) is 0.181. The number of carbonyl (C=O) groups excluding carboxylic acids is 2. The fraction of sp³-hybridized carbons (Fsp3) is 0.535. The van der Waals surface area contributed by atoms with Crippen molar-refractivity contribution < 1.29 is 23.8 Å². The number of likely N-dealkylation sites (tertiary alicyclic amines) is 1. The molecule has 3 saturated heterocycles.